The van der Waals surface area contributed by atoms with E-state index < -0.39 is 0 Å². The van der Waals surface area contributed by atoms with Gasteiger partial charge in [-0.3, -0.25) is 9.59 Å². The lowest BCUT2D eigenvalue weighted by Crippen LogP contribution is -2.42. The minimum atomic E-state index is -0.213. The molecule has 1 aromatic heterocycles. The summed E-state index contributed by atoms with van der Waals surface area (Å²) in [6.07, 6.45) is 1.75. The van der Waals surface area contributed by atoms with Crippen LogP contribution in [0.4, 0.5) is 0 Å². The maximum Gasteiger partial charge on any atom is 0.258 e. The number of carbonyl (C=O) groups is 2. The monoisotopic (exact) mass is 404 g/mol. The smallest absolute Gasteiger partial charge is 0.258 e. The normalized spacial score (nSPS) is 10.8. The van der Waals surface area contributed by atoms with Gasteiger partial charge in [0.25, 0.3) is 5.91 Å². The van der Waals surface area contributed by atoms with Crippen molar-refractivity contribution in [1.29, 1.82) is 0 Å². The summed E-state index contributed by atoms with van der Waals surface area (Å²) in [5, 5.41) is 7.57. The van der Waals surface area contributed by atoms with Crippen molar-refractivity contribution in [2.75, 3.05) is 13.1 Å². The van der Waals surface area contributed by atoms with E-state index in [0.717, 1.165) is 16.8 Å². The van der Waals surface area contributed by atoms with Gasteiger partial charge >= 0.3 is 0 Å². The van der Waals surface area contributed by atoms with Crippen LogP contribution in [0.2, 0.25) is 0 Å². The maximum absolute atomic E-state index is 13.4. The van der Waals surface area contributed by atoms with Crippen LogP contribution < -0.4 is 5.32 Å². The molecule has 0 atom stereocenters. The highest BCUT2D eigenvalue weighted by Crippen LogP contribution is 2.26. The minimum absolute atomic E-state index is 0.0112. The van der Waals surface area contributed by atoms with E-state index in [4.69, 9.17) is 5.10 Å². The van der Waals surface area contributed by atoms with Gasteiger partial charge in [-0.15, -0.1) is 0 Å². The van der Waals surface area contributed by atoms with Crippen molar-refractivity contribution >= 4 is 11.8 Å². The highest BCUT2D eigenvalue weighted by molar-refractivity contribution is 6.01. The Bertz CT molecular complexity index is 1020. The number of likely N-dealkylation sites (N-methyl/N-ethyl adjacent to an activating group) is 1. The van der Waals surface area contributed by atoms with Crippen LogP contribution in [-0.4, -0.2) is 45.6 Å². The van der Waals surface area contributed by atoms with Gasteiger partial charge in [-0.2, -0.15) is 5.10 Å². The molecule has 0 saturated heterocycles. The lowest BCUT2D eigenvalue weighted by atomic mass is 10.0. The second kappa shape index (κ2) is 9.39. The SMILES string of the molecule is CCN(CC(=O)NC(C)C)C(=O)c1cn(-c2ccccc2)nc1-c1cccc(C)c1. The van der Waals surface area contributed by atoms with Crippen LogP contribution in [0.25, 0.3) is 16.9 Å². The standard InChI is InChI=1S/C24H28N4O2/c1-5-27(16-22(29)25-17(2)3)24(30)21-15-28(20-12-7-6-8-13-20)26-23(21)19-11-9-10-18(4)14-19/h6-15,17H,5,16H2,1-4H3,(H,25,29). The largest absolute Gasteiger partial charge is 0.352 e. The number of nitrogens with zero attached hydrogens (tertiary/aromatic N) is 3. The summed E-state index contributed by atoms with van der Waals surface area (Å²) in [4.78, 5) is 27.2. The number of para-hydroxylation sites is 1. The minimum Gasteiger partial charge on any atom is -0.352 e. The fraction of sp³-hybridized carbons (Fsp3) is 0.292. The van der Waals surface area contributed by atoms with Gasteiger partial charge in [-0.05, 0) is 45.9 Å². The molecular formula is C24H28N4O2. The molecule has 0 saturated carbocycles. The molecule has 0 radical (unpaired) electrons. The molecule has 3 rings (SSSR count). The molecule has 0 fully saturated rings. The van der Waals surface area contributed by atoms with Crippen molar-refractivity contribution in [2.24, 2.45) is 0 Å². The molecule has 0 aliphatic rings. The number of nitrogens with one attached hydrogen (secondary N) is 1. The van der Waals surface area contributed by atoms with Crippen LogP contribution in [0, 0.1) is 6.92 Å². The highest BCUT2D eigenvalue weighted by Gasteiger charge is 2.24. The molecule has 2 amide bonds. The number of benzene rings is 2. The number of aryl methyl sites for hydroxylation is 1. The zero-order chi connectivity index (χ0) is 21.7. The van der Waals surface area contributed by atoms with Crippen LogP contribution in [-0.2, 0) is 4.79 Å². The van der Waals surface area contributed by atoms with Gasteiger partial charge in [0, 0.05) is 24.3 Å². The van der Waals surface area contributed by atoms with E-state index in [0.29, 0.717) is 17.8 Å². The van der Waals surface area contributed by atoms with Gasteiger partial charge in [-0.1, -0.05) is 42.0 Å². The molecule has 3 aromatic rings. The third-order valence-corrected chi connectivity index (χ3v) is 4.71. The number of aromatic nitrogens is 2. The lowest BCUT2D eigenvalue weighted by molar-refractivity contribution is -0.122. The number of carbonyl (C=O) groups excluding carboxylic acids is 2. The third kappa shape index (κ3) is 4.95. The Morgan fingerprint density at radius 1 is 1.10 bits per heavy atom. The van der Waals surface area contributed by atoms with E-state index in [-0.39, 0.29) is 24.4 Å². The molecule has 1 heterocycles. The topological polar surface area (TPSA) is 67.2 Å². The van der Waals surface area contributed by atoms with Crippen molar-refractivity contribution in [3.05, 3.63) is 71.9 Å². The molecule has 156 valence electrons. The Morgan fingerprint density at radius 3 is 2.47 bits per heavy atom. The van der Waals surface area contributed by atoms with E-state index in [2.05, 4.69) is 5.32 Å². The lowest BCUT2D eigenvalue weighted by Gasteiger charge is -2.21. The van der Waals surface area contributed by atoms with Gasteiger partial charge in [-0.25, -0.2) is 4.68 Å². The van der Waals surface area contributed by atoms with Crippen LogP contribution in [0.1, 0.15) is 36.7 Å². The summed E-state index contributed by atoms with van der Waals surface area (Å²) in [5.41, 5.74) is 3.91. The predicted molar refractivity (Wildman–Crippen MR) is 119 cm³/mol. The summed E-state index contributed by atoms with van der Waals surface area (Å²) in [6, 6.07) is 17.6. The van der Waals surface area contributed by atoms with Gasteiger partial charge in [0.05, 0.1) is 17.8 Å². The van der Waals surface area contributed by atoms with Crippen LogP contribution in [0.5, 0.6) is 0 Å². The molecule has 6 heteroatoms. The van der Waals surface area contributed by atoms with Crippen LogP contribution in [0.3, 0.4) is 0 Å². The van der Waals surface area contributed by atoms with Crippen LogP contribution in [0.15, 0.2) is 60.8 Å². The molecule has 2 aromatic carbocycles. The maximum atomic E-state index is 13.4. The molecule has 0 unspecified atom stereocenters. The fourth-order valence-electron chi connectivity index (χ4n) is 3.29. The average molecular weight is 405 g/mol. The van der Waals surface area contributed by atoms with E-state index in [1.807, 2.05) is 82.3 Å². The van der Waals surface area contributed by atoms with Crippen molar-refractivity contribution in [1.82, 2.24) is 20.0 Å². The Kier molecular flexibility index (Phi) is 6.67. The molecule has 1 N–H and O–H groups in total. The molecule has 30 heavy (non-hydrogen) atoms. The molecule has 0 aliphatic carbocycles. The quantitative estimate of drug-likeness (QED) is 0.651. The summed E-state index contributed by atoms with van der Waals surface area (Å²) in [7, 11) is 0. The first-order chi connectivity index (χ1) is 14.4. The average Bonchev–Trinajstić information content (AvgIpc) is 3.17. The van der Waals surface area contributed by atoms with Gasteiger partial charge in [0.1, 0.15) is 5.69 Å². The van der Waals surface area contributed by atoms with Crippen molar-refractivity contribution < 1.29 is 9.59 Å². The summed E-state index contributed by atoms with van der Waals surface area (Å²) >= 11 is 0. The van der Waals surface area contributed by atoms with Crippen LogP contribution >= 0.6 is 0 Å². The van der Waals surface area contributed by atoms with Crippen molar-refractivity contribution in [3.63, 3.8) is 0 Å². The van der Waals surface area contributed by atoms with Gasteiger partial charge in [0.2, 0.25) is 5.91 Å². The van der Waals surface area contributed by atoms with E-state index >= 15 is 0 Å². The number of amides is 2. The van der Waals surface area contributed by atoms with E-state index in [1.54, 1.807) is 15.8 Å². The zero-order valence-electron chi connectivity index (χ0n) is 17.9. The molecule has 0 aliphatic heterocycles. The zero-order valence-corrected chi connectivity index (χ0v) is 17.9. The second-order valence-corrected chi connectivity index (χ2v) is 7.58. The predicted octanol–water partition coefficient (Wildman–Crippen LogP) is 3.83. The first-order valence-corrected chi connectivity index (χ1v) is 10.2. The molecule has 0 bridgehead atoms. The Morgan fingerprint density at radius 2 is 1.83 bits per heavy atom. The van der Waals surface area contributed by atoms with Crippen molar-refractivity contribution in [3.8, 4) is 16.9 Å². The Hall–Kier alpha value is -3.41. The molecule has 6 nitrogen and oxygen atoms in total. The first-order valence-electron chi connectivity index (χ1n) is 10.2. The van der Waals surface area contributed by atoms with E-state index in [9.17, 15) is 9.59 Å². The third-order valence-electron chi connectivity index (χ3n) is 4.71. The Balaban J connectivity index is 2.02. The van der Waals surface area contributed by atoms with E-state index in [1.165, 1.54) is 0 Å². The van der Waals surface area contributed by atoms with Gasteiger partial charge < -0.3 is 10.2 Å². The number of hydrogen-bond donors (Lipinski definition) is 1. The number of hydrogen-bond acceptors (Lipinski definition) is 3. The summed E-state index contributed by atoms with van der Waals surface area (Å²) in [6.45, 7) is 8.11. The summed E-state index contributed by atoms with van der Waals surface area (Å²) in [5.74, 6) is -0.386. The summed E-state index contributed by atoms with van der Waals surface area (Å²) < 4.78 is 1.72. The van der Waals surface area contributed by atoms with Crippen molar-refractivity contribution in [2.45, 2.75) is 33.7 Å². The Labute approximate surface area is 177 Å². The fourth-order valence-corrected chi connectivity index (χ4v) is 3.29. The molecule has 0 spiro atoms. The van der Waals surface area contributed by atoms with Gasteiger partial charge in [0.15, 0.2) is 0 Å². The molecular weight excluding hydrogens is 376 g/mol. The number of rotatable bonds is 7. The highest BCUT2D eigenvalue weighted by atomic mass is 16.2. The first kappa shape index (κ1) is 21.3. The second-order valence-electron chi connectivity index (χ2n) is 7.58.